The van der Waals surface area contributed by atoms with E-state index in [-0.39, 0.29) is 12.1 Å². The van der Waals surface area contributed by atoms with Gasteiger partial charge in [-0.3, -0.25) is 13.9 Å². The summed E-state index contributed by atoms with van der Waals surface area (Å²) in [6.07, 6.45) is 0.456. The van der Waals surface area contributed by atoms with Crippen molar-refractivity contribution in [1.29, 1.82) is 0 Å². The average Bonchev–Trinajstić information content (AvgIpc) is 3.12. The van der Waals surface area contributed by atoms with Gasteiger partial charge in [-0.15, -0.1) is 0 Å². The first-order valence-electron chi connectivity index (χ1n) is 10.8. The largest absolute Gasteiger partial charge is 0.481 e. The van der Waals surface area contributed by atoms with E-state index in [9.17, 15) is 14.7 Å². The van der Waals surface area contributed by atoms with Gasteiger partial charge in [0.15, 0.2) is 0 Å². The van der Waals surface area contributed by atoms with Gasteiger partial charge in [0.1, 0.15) is 0 Å². The number of aliphatic carboxylic acids is 1. The number of imidazole rings is 1. The highest BCUT2D eigenvalue weighted by atomic mass is 35.5. The second-order valence-electron chi connectivity index (χ2n) is 8.62. The first-order valence-corrected chi connectivity index (χ1v) is 11.2. The van der Waals surface area contributed by atoms with Crippen molar-refractivity contribution in [2.45, 2.75) is 53.1 Å². The molecule has 0 fully saturated rings. The van der Waals surface area contributed by atoms with Crippen LogP contribution in [0, 0.1) is 20.8 Å². The molecule has 2 heterocycles. The van der Waals surface area contributed by atoms with Crippen LogP contribution < -0.4 is 5.69 Å². The van der Waals surface area contributed by atoms with E-state index in [4.69, 9.17) is 11.6 Å². The summed E-state index contributed by atoms with van der Waals surface area (Å²) >= 11 is 6.48. The molecule has 6 nitrogen and oxygen atoms in total. The minimum atomic E-state index is -0.914. The van der Waals surface area contributed by atoms with E-state index in [0.717, 1.165) is 38.8 Å². The minimum absolute atomic E-state index is 0.0962. The molecule has 7 heteroatoms. The molecule has 1 N–H and O–H groups in total. The third-order valence-corrected chi connectivity index (χ3v) is 6.85. The molecule has 2 aromatic carbocycles. The van der Waals surface area contributed by atoms with Gasteiger partial charge in [-0.05, 0) is 68.1 Å². The van der Waals surface area contributed by atoms with Crippen LogP contribution in [0.25, 0.3) is 21.9 Å². The van der Waals surface area contributed by atoms with Crippen LogP contribution in [0.2, 0.25) is 5.02 Å². The number of rotatable bonds is 6. The quantitative estimate of drug-likeness (QED) is 0.428. The monoisotopic (exact) mass is 453 g/mol. The molecule has 0 saturated heterocycles. The molecule has 0 aliphatic rings. The zero-order valence-corrected chi connectivity index (χ0v) is 19.8. The van der Waals surface area contributed by atoms with Gasteiger partial charge in [0.05, 0.1) is 29.5 Å². The van der Waals surface area contributed by atoms with Crippen molar-refractivity contribution in [1.82, 2.24) is 13.7 Å². The Hall–Kier alpha value is -2.99. The molecule has 168 valence electrons. The highest BCUT2D eigenvalue weighted by Gasteiger charge is 2.23. The van der Waals surface area contributed by atoms with Gasteiger partial charge in [0.2, 0.25) is 0 Å². The number of carbonyl (C=O) groups is 1. The smallest absolute Gasteiger partial charge is 0.329 e. The number of hydrogen-bond acceptors (Lipinski definition) is 2. The van der Waals surface area contributed by atoms with E-state index in [0.29, 0.717) is 18.0 Å². The molecule has 1 atom stereocenters. The van der Waals surface area contributed by atoms with E-state index in [1.54, 1.807) is 9.13 Å². The lowest BCUT2D eigenvalue weighted by molar-refractivity contribution is -0.137. The SMILES string of the molecule is CCC(CC(=O)O)n1c(=O)n(Cc2cc(Cl)cc3c(C)c(C)n(C)c23)c2cc(C)ccc21. The van der Waals surface area contributed by atoms with Crippen molar-refractivity contribution in [3.8, 4) is 0 Å². The Balaban J connectivity index is 1.98. The molecule has 2 aromatic heterocycles. The molecule has 0 radical (unpaired) electrons. The van der Waals surface area contributed by atoms with Crippen LogP contribution in [0.15, 0.2) is 35.1 Å². The van der Waals surface area contributed by atoms with Crippen LogP contribution in [0.3, 0.4) is 0 Å². The molecule has 0 amide bonds. The highest BCUT2D eigenvalue weighted by molar-refractivity contribution is 6.31. The van der Waals surface area contributed by atoms with E-state index < -0.39 is 12.0 Å². The first-order chi connectivity index (χ1) is 15.1. The van der Waals surface area contributed by atoms with Crippen LogP contribution in [0.4, 0.5) is 0 Å². The third-order valence-electron chi connectivity index (χ3n) is 6.63. The maximum atomic E-state index is 13.7. The molecule has 0 bridgehead atoms. The Bertz CT molecular complexity index is 1420. The summed E-state index contributed by atoms with van der Waals surface area (Å²) in [7, 11) is 2.03. The van der Waals surface area contributed by atoms with Crippen molar-refractivity contribution < 1.29 is 9.90 Å². The second kappa shape index (κ2) is 8.17. The number of carboxylic acid groups (broad SMARTS) is 1. The van der Waals surface area contributed by atoms with Gasteiger partial charge in [0, 0.05) is 29.2 Å². The summed E-state index contributed by atoms with van der Waals surface area (Å²) in [6.45, 7) is 8.40. The number of aromatic nitrogens is 3. The third kappa shape index (κ3) is 3.52. The van der Waals surface area contributed by atoms with Crippen LogP contribution in [0.1, 0.15) is 48.2 Å². The number of hydrogen-bond donors (Lipinski definition) is 1. The number of carboxylic acids is 1. The van der Waals surface area contributed by atoms with Crippen LogP contribution in [-0.2, 0) is 18.4 Å². The Morgan fingerprint density at radius 3 is 2.50 bits per heavy atom. The molecular weight excluding hydrogens is 426 g/mol. The second-order valence-corrected chi connectivity index (χ2v) is 9.06. The van der Waals surface area contributed by atoms with Gasteiger partial charge in [-0.25, -0.2) is 4.79 Å². The van der Waals surface area contributed by atoms with E-state index in [1.165, 1.54) is 5.56 Å². The van der Waals surface area contributed by atoms with Gasteiger partial charge in [-0.1, -0.05) is 24.6 Å². The Morgan fingerprint density at radius 1 is 1.12 bits per heavy atom. The van der Waals surface area contributed by atoms with Gasteiger partial charge < -0.3 is 9.67 Å². The Labute approximate surface area is 191 Å². The molecule has 0 aliphatic heterocycles. The summed E-state index contributed by atoms with van der Waals surface area (Å²) in [5.74, 6) is -0.914. The predicted octanol–water partition coefficient (Wildman–Crippen LogP) is 5.35. The van der Waals surface area contributed by atoms with Crippen molar-refractivity contribution in [2.24, 2.45) is 7.05 Å². The number of nitrogens with zero attached hydrogens (tertiary/aromatic N) is 3. The number of halogens is 1. The van der Waals surface area contributed by atoms with Crippen molar-refractivity contribution in [3.63, 3.8) is 0 Å². The van der Waals surface area contributed by atoms with Crippen molar-refractivity contribution in [2.75, 3.05) is 0 Å². The minimum Gasteiger partial charge on any atom is -0.481 e. The fourth-order valence-corrected chi connectivity index (χ4v) is 5.00. The summed E-state index contributed by atoms with van der Waals surface area (Å²) in [5.41, 5.74) is 6.74. The summed E-state index contributed by atoms with van der Waals surface area (Å²) in [6, 6.07) is 9.34. The van der Waals surface area contributed by atoms with E-state index in [2.05, 4.69) is 18.4 Å². The molecule has 0 saturated carbocycles. The van der Waals surface area contributed by atoms with Crippen LogP contribution >= 0.6 is 11.6 Å². The van der Waals surface area contributed by atoms with Gasteiger partial charge in [-0.2, -0.15) is 0 Å². The normalized spacial score (nSPS) is 12.7. The zero-order chi connectivity index (χ0) is 23.3. The van der Waals surface area contributed by atoms with Gasteiger partial charge in [0.25, 0.3) is 0 Å². The maximum Gasteiger partial charge on any atom is 0.329 e. The Kier molecular flexibility index (Phi) is 5.67. The summed E-state index contributed by atoms with van der Waals surface area (Å²) in [5, 5.41) is 11.1. The number of benzene rings is 2. The van der Waals surface area contributed by atoms with Crippen LogP contribution in [0.5, 0.6) is 0 Å². The average molecular weight is 454 g/mol. The highest BCUT2D eigenvalue weighted by Crippen LogP contribution is 2.32. The van der Waals surface area contributed by atoms with Crippen molar-refractivity contribution >= 4 is 39.5 Å². The van der Waals surface area contributed by atoms with E-state index >= 15 is 0 Å². The van der Waals surface area contributed by atoms with E-state index in [1.807, 2.05) is 51.2 Å². The first kappa shape index (κ1) is 22.2. The number of aryl methyl sites for hydroxylation is 3. The van der Waals surface area contributed by atoms with Crippen LogP contribution in [-0.4, -0.2) is 24.8 Å². The topological polar surface area (TPSA) is 69.2 Å². The lowest BCUT2D eigenvalue weighted by Crippen LogP contribution is -2.29. The summed E-state index contributed by atoms with van der Waals surface area (Å²) < 4.78 is 5.53. The summed E-state index contributed by atoms with van der Waals surface area (Å²) in [4.78, 5) is 25.1. The standard InChI is InChI=1S/C25H28ClN3O3/c1-6-19(12-23(30)31)29-21-8-7-14(2)9-22(21)28(25(29)32)13-17-10-18(26)11-20-15(3)16(4)27(5)24(17)20/h7-11,19H,6,12-13H2,1-5H3,(H,30,31). The molecule has 4 rings (SSSR count). The molecular formula is C25H28ClN3O3. The lowest BCUT2D eigenvalue weighted by atomic mass is 10.1. The van der Waals surface area contributed by atoms with Crippen molar-refractivity contribution in [3.05, 3.63) is 68.2 Å². The Morgan fingerprint density at radius 2 is 1.84 bits per heavy atom. The molecule has 1 unspecified atom stereocenters. The maximum absolute atomic E-state index is 13.7. The molecule has 32 heavy (non-hydrogen) atoms. The zero-order valence-electron chi connectivity index (χ0n) is 19.1. The molecule has 0 aliphatic carbocycles. The fraction of sp³-hybridized carbons (Fsp3) is 0.360. The predicted molar refractivity (Wildman–Crippen MR) is 129 cm³/mol. The van der Waals surface area contributed by atoms with Gasteiger partial charge >= 0.3 is 11.7 Å². The number of fused-ring (bicyclic) bond motifs is 2. The molecule has 4 aromatic rings. The fourth-order valence-electron chi connectivity index (χ4n) is 4.76. The lowest BCUT2D eigenvalue weighted by Gasteiger charge is -2.14. The molecule has 0 spiro atoms.